The molecular weight excluding hydrogens is 332 g/mol. The Balaban J connectivity index is 1.80. The highest BCUT2D eigenvalue weighted by atomic mass is 35.5. The molecule has 3 aromatic rings. The maximum absolute atomic E-state index is 12.3. The van der Waals surface area contributed by atoms with Crippen LogP contribution in [-0.2, 0) is 11.3 Å². The van der Waals surface area contributed by atoms with Gasteiger partial charge in [-0.2, -0.15) is 0 Å². The van der Waals surface area contributed by atoms with Crippen molar-refractivity contribution in [2.45, 2.75) is 13.5 Å². The summed E-state index contributed by atoms with van der Waals surface area (Å²) in [5, 5.41) is 13.5. The van der Waals surface area contributed by atoms with E-state index in [1.807, 2.05) is 31.2 Å². The van der Waals surface area contributed by atoms with Crippen molar-refractivity contribution in [3.63, 3.8) is 0 Å². The molecule has 0 saturated heterocycles. The molecular formula is C16H13ClN4O3. The van der Waals surface area contributed by atoms with Crippen molar-refractivity contribution in [2.24, 2.45) is 0 Å². The Labute approximate surface area is 142 Å². The largest absolute Gasteiger partial charge is 0.323 e. The number of halogens is 1. The Hall–Kier alpha value is -2.93. The van der Waals surface area contributed by atoms with Gasteiger partial charge in [0.1, 0.15) is 12.4 Å². The van der Waals surface area contributed by atoms with Crippen LogP contribution in [0, 0.1) is 17.0 Å². The van der Waals surface area contributed by atoms with Crippen LogP contribution in [0.2, 0.25) is 5.02 Å². The number of nitrogens with one attached hydrogen (secondary N) is 1. The van der Waals surface area contributed by atoms with E-state index >= 15 is 0 Å². The maximum Gasteiger partial charge on any atom is 0.271 e. The number of para-hydroxylation sites is 2. The van der Waals surface area contributed by atoms with E-state index in [-0.39, 0.29) is 23.2 Å². The quantitative estimate of drug-likeness (QED) is 0.579. The van der Waals surface area contributed by atoms with Crippen molar-refractivity contribution in [3.8, 4) is 0 Å². The molecule has 0 fully saturated rings. The van der Waals surface area contributed by atoms with E-state index in [9.17, 15) is 14.9 Å². The van der Waals surface area contributed by atoms with E-state index in [0.29, 0.717) is 5.69 Å². The zero-order valence-corrected chi connectivity index (χ0v) is 13.4. The van der Waals surface area contributed by atoms with Crippen LogP contribution in [-0.4, -0.2) is 20.4 Å². The smallest absolute Gasteiger partial charge is 0.271 e. The number of nitro benzene ring substituents is 1. The van der Waals surface area contributed by atoms with Crippen molar-refractivity contribution in [1.82, 2.24) is 9.55 Å². The first kappa shape index (κ1) is 15.9. The van der Waals surface area contributed by atoms with Gasteiger partial charge in [0.15, 0.2) is 0 Å². The average molecular weight is 345 g/mol. The first-order valence-electron chi connectivity index (χ1n) is 7.11. The predicted molar refractivity (Wildman–Crippen MR) is 91.2 cm³/mol. The van der Waals surface area contributed by atoms with Crippen LogP contribution in [0.3, 0.4) is 0 Å². The normalized spacial score (nSPS) is 10.8. The molecule has 8 heteroatoms. The molecule has 1 heterocycles. The van der Waals surface area contributed by atoms with Gasteiger partial charge in [0.2, 0.25) is 5.91 Å². The summed E-state index contributed by atoms with van der Waals surface area (Å²) in [6, 6.07) is 11.4. The minimum atomic E-state index is -0.543. The van der Waals surface area contributed by atoms with E-state index in [1.54, 1.807) is 4.57 Å². The summed E-state index contributed by atoms with van der Waals surface area (Å²) >= 11 is 5.99. The lowest BCUT2D eigenvalue weighted by Crippen LogP contribution is -2.19. The second-order valence-electron chi connectivity index (χ2n) is 5.20. The zero-order chi connectivity index (χ0) is 17.3. The molecule has 3 rings (SSSR count). The third kappa shape index (κ3) is 3.07. The van der Waals surface area contributed by atoms with Gasteiger partial charge < -0.3 is 9.88 Å². The van der Waals surface area contributed by atoms with E-state index in [2.05, 4.69) is 10.3 Å². The van der Waals surface area contributed by atoms with Crippen LogP contribution in [0.4, 0.5) is 11.4 Å². The van der Waals surface area contributed by atoms with Crippen LogP contribution in [0.25, 0.3) is 11.0 Å². The number of benzene rings is 2. The zero-order valence-electron chi connectivity index (χ0n) is 12.7. The standard InChI is InChI=1S/C16H13ClN4O3/c1-10-18-14-4-2-3-5-15(14)20(10)9-16(22)19-13-7-6-11(21(23)24)8-12(13)17/h2-8H,9H2,1H3,(H,19,22). The number of amides is 1. The minimum Gasteiger partial charge on any atom is -0.323 e. The first-order chi connectivity index (χ1) is 11.5. The molecule has 2 aromatic carbocycles. The Morgan fingerprint density at radius 1 is 1.33 bits per heavy atom. The summed E-state index contributed by atoms with van der Waals surface area (Å²) in [6.07, 6.45) is 0. The molecule has 1 N–H and O–H groups in total. The topological polar surface area (TPSA) is 90.1 Å². The Kier molecular flexibility index (Phi) is 4.18. The molecule has 122 valence electrons. The predicted octanol–water partition coefficient (Wildman–Crippen LogP) is 3.55. The van der Waals surface area contributed by atoms with Gasteiger partial charge in [-0.15, -0.1) is 0 Å². The molecule has 24 heavy (non-hydrogen) atoms. The van der Waals surface area contributed by atoms with Gasteiger partial charge in [-0.05, 0) is 25.1 Å². The minimum absolute atomic E-state index is 0.0691. The number of imidazole rings is 1. The Bertz CT molecular complexity index is 952. The third-order valence-corrected chi connectivity index (χ3v) is 3.90. The van der Waals surface area contributed by atoms with E-state index in [0.717, 1.165) is 16.9 Å². The molecule has 0 aliphatic rings. The fourth-order valence-corrected chi connectivity index (χ4v) is 2.67. The van der Waals surface area contributed by atoms with Gasteiger partial charge in [-0.1, -0.05) is 23.7 Å². The number of anilines is 1. The molecule has 0 saturated carbocycles. The first-order valence-corrected chi connectivity index (χ1v) is 7.49. The molecule has 0 unspecified atom stereocenters. The van der Waals surface area contributed by atoms with Crippen LogP contribution in [0.1, 0.15) is 5.82 Å². The monoisotopic (exact) mass is 344 g/mol. The average Bonchev–Trinajstić information content (AvgIpc) is 2.85. The lowest BCUT2D eigenvalue weighted by atomic mass is 10.2. The Morgan fingerprint density at radius 3 is 2.79 bits per heavy atom. The number of fused-ring (bicyclic) bond motifs is 1. The number of non-ortho nitro benzene ring substituents is 1. The van der Waals surface area contributed by atoms with Gasteiger partial charge in [0.25, 0.3) is 5.69 Å². The Morgan fingerprint density at radius 2 is 2.08 bits per heavy atom. The number of hydrogen-bond donors (Lipinski definition) is 1. The summed E-state index contributed by atoms with van der Waals surface area (Å²) in [4.78, 5) is 26.9. The second kappa shape index (κ2) is 6.29. The molecule has 7 nitrogen and oxygen atoms in total. The molecule has 0 spiro atoms. The fraction of sp³-hybridized carbons (Fsp3) is 0.125. The number of nitro groups is 1. The van der Waals surface area contributed by atoms with Gasteiger partial charge in [0.05, 0.1) is 26.7 Å². The number of aryl methyl sites for hydroxylation is 1. The van der Waals surface area contributed by atoms with Crippen molar-refractivity contribution < 1.29 is 9.72 Å². The molecule has 0 atom stereocenters. The summed E-state index contributed by atoms with van der Waals surface area (Å²) in [5.41, 5.74) is 1.87. The second-order valence-corrected chi connectivity index (χ2v) is 5.61. The number of carbonyl (C=O) groups is 1. The summed E-state index contributed by atoms with van der Waals surface area (Å²) in [7, 11) is 0. The highest BCUT2D eigenvalue weighted by Gasteiger charge is 2.14. The van der Waals surface area contributed by atoms with Crippen molar-refractivity contribution in [2.75, 3.05) is 5.32 Å². The fourth-order valence-electron chi connectivity index (χ4n) is 2.45. The van der Waals surface area contributed by atoms with Crippen molar-refractivity contribution in [3.05, 3.63) is 63.4 Å². The summed E-state index contributed by atoms with van der Waals surface area (Å²) in [5.74, 6) is 0.429. The SMILES string of the molecule is Cc1nc2ccccc2n1CC(=O)Nc1ccc([N+](=O)[O-])cc1Cl. The van der Waals surface area contributed by atoms with Gasteiger partial charge in [-0.25, -0.2) is 4.98 Å². The van der Waals surface area contributed by atoms with Gasteiger partial charge in [-0.3, -0.25) is 14.9 Å². The van der Waals surface area contributed by atoms with Crippen LogP contribution in [0.5, 0.6) is 0 Å². The number of nitrogens with zero attached hydrogens (tertiary/aromatic N) is 3. The third-order valence-electron chi connectivity index (χ3n) is 3.58. The highest BCUT2D eigenvalue weighted by Crippen LogP contribution is 2.26. The van der Waals surface area contributed by atoms with Gasteiger partial charge in [0, 0.05) is 12.1 Å². The summed E-state index contributed by atoms with van der Waals surface area (Å²) in [6.45, 7) is 1.89. The molecule has 0 bridgehead atoms. The molecule has 0 aliphatic carbocycles. The summed E-state index contributed by atoms with van der Waals surface area (Å²) < 4.78 is 1.80. The van der Waals surface area contributed by atoms with Crippen molar-refractivity contribution in [1.29, 1.82) is 0 Å². The molecule has 1 amide bonds. The number of aromatic nitrogens is 2. The number of rotatable bonds is 4. The van der Waals surface area contributed by atoms with Crippen LogP contribution < -0.4 is 5.32 Å². The molecule has 1 aromatic heterocycles. The molecule has 0 radical (unpaired) electrons. The van der Waals surface area contributed by atoms with E-state index in [1.165, 1.54) is 18.2 Å². The highest BCUT2D eigenvalue weighted by molar-refractivity contribution is 6.33. The van der Waals surface area contributed by atoms with Crippen LogP contribution >= 0.6 is 11.6 Å². The van der Waals surface area contributed by atoms with E-state index < -0.39 is 4.92 Å². The maximum atomic E-state index is 12.3. The van der Waals surface area contributed by atoms with E-state index in [4.69, 9.17) is 11.6 Å². The lowest BCUT2D eigenvalue weighted by molar-refractivity contribution is -0.384. The number of hydrogen-bond acceptors (Lipinski definition) is 4. The van der Waals surface area contributed by atoms with Crippen molar-refractivity contribution >= 4 is 39.9 Å². The molecule has 0 aliphatic heterocycles. The lowest BCUT2D eigenvalue weighted by Gasteiger charge is -2.09. The number of carbonyl (C=O) groups excluding carboxylic acids is 1. The van der Waals surface area contributed by atoms with Crippen LogP contribution in [0.15, 0.2) is 42.5 Å². The van der Waals surface area contributed by atoms with Gasteiger partial charge >= 0.3 is 0 Å².